The Kier molecular flexibility index (Phi) is 9.54. The first-order valence-corrected chi connectivity index (χ1v) is 15.8. The third-order valence-electron chi connectivity index (χ3n) is 7.28. The number of benzene rings is 3. The van der Waals surface area contributed by atoms with Crippen molar-refractivity contribution in [1.29, 1.82) is 0 Å². The fourth-order valence-electron chi connectivity index (χ4n) is 5.02. The normalized spacial score (nSPS) is 14.7. The van der Waals surface area contributed by atoms with E-state index in [9.17, 15) is 9.59 Å². The second-order valence-electron chi connectivity index (χ2n) is 9.94. The molecule has 2 heterocycles. The molecule has 1 aliphatic rings. The molecule has 7 nitrogen and oxygen atoms in total. The van der Waals surface area contributed by atoms with Crippen LogP contribution in [0.1, 0.15) is 43.5 Å². The molecule has 0 saturated carbocycles. The molecule has 1 aliphatic heterocycles. The highest BCUT2D eigenvalue weighted by Crippen LogP contribution is 2.32. The molecular weight excluding hydrogens is 650 g/mol. The fraction of sp³-hybridized carbons (Fsp3) is 0.242. The van der Waals surface area contributed by atoms with Gasteiger partial charge in [-0.05, 0) is 79.9 Å². The lowest BCUT2D eigenvalue weighted by molar-refractivity contribution is -0.127. The number of hydrogen-bond donors (Lipinski definition) is 0. The van der Waals surface area contributed by atoms with E-state index in [1.807, 2.05) is 81.4 Å². The van der Waals surface area contributed by atoms with Crippen molar-refractivity contribution in [1.82, 2.24) is 9.47 Å². The number of amides is 1. The van der Waals surface area contributed by atoms with Crippen molar-refractivity contribution in [2.75, 3.05) is 20.2 Å². The minimum Gasteiger partial charge on any atom is -0.493 e. The second kappa shape index (κ2) is 13.3. The molecule has 1 amide bonds. The zero-order chi connectivity index (χ0) is 30.7. The molecule has 0 saturated heterocycles. The number of allylic oxidation sites excluding steroid dienone is 1. The van der Waals surface area contributed by atoms with Gasteiger partial charge in [-0.2, -0.15) is 0 Å². The molecular formula is C33H31BrClN3O4S. The summed E-state index contributed by atoms with van der Waals surface area (Å²) in [6.07, 6.45) is 1.81. The zero-order valence-electron chi connectivity index (χ0n) is 24.3. The summed E-state index contributed by atoms with van der Waals surface area (Å²) >= 11 is 10.9. The minimum absolute atomic E-state index is 0.135. The summed E-state index contributed by atoms with van der Waals surface area (Å²) in [7, 11) is 1.59. The van der Waals surface area contributed by atoms with Gasteiger partial charge < -0.3 is 14.4 Å². The van der Waals surface area contributed by atoms with Crippen molar-refractivity contribution >= 4 is 50.9 Å². The Morgan fingerprint density at radius 1 is 1.07 bits per heavy atom. The third-order valence-corrected chi connectivity index (χ3v) is 9.05. The van der Waals surface area contributed by atoms with Gasteiger partial charge in [0.05, 0.1) is 29.0 Å². The van der Waals surface area contributed by atoms with Gasteiger partial charge in [0.2, 0.25) is 0 Å². The Bertz CT molecular complexity index is 1860. The van der Waals surface area contributed by atoms with E-state index in [1.165, 1.54) is 11.3 Å². The Balaban J connectivity index is 1.55. The zero-order valence-corrected chi connectivity index (χ0v) is 27.4. The highest BCUT2D eigenvalue weighted by molar-refractivity contribution is 9.10. The van der Waals surface area contributed by atoms with Gasteiger partial charge in [0, 0.05) is 22.6 Å². The molecule has 3 aromatic carbocycles. The number of carbonyl (C=O) groups excluding carboxylic acids is 1. The monoisotopic (exact) mass is 679 g/mol. The van der Waals surface area contributed by atoms with Crippen molar-refractivity contribution in [3.63, 3.8) is 0 Å². The lowest BCUT2D eigenvalue weighted by Gasteiger charge is -2.29. The summed E-state index contributed by atoms with van der Waals surface area (Å²) in [6, 6.07) is 20.1. The van der Waals surface area contributed by atoms with E-state index in [-0.39, 0.29) is 11.5 Å². The maximum atomic E-state index is 14.0. The first kappa shape index (κ1) is 30.8. The lowest BCUT2D eigenvalue weighted by atomic mass is 9.94. The average Bonchev–Trinajstić information content (AvgIpc) is 3.31. The average molecular weight is 681 g/mol. The van der Waals surface area contributed by atoms with Gasteiger partial charge in [0.25, 0.3) is 11.5 Å². The number of hydrogen-bond acceptors (Lipinski definition) is 6. The quantitative estimate of drug-likeness (QED) is 0.214. The maximum Gasteiger partial charge on any atom is 0.271 e. The van der Waals surface area contributed by atoms with Gasteiger partial charge in [-0.3, -0.25) is 14.2 Å². The predicted octanol–water partition coefficient (Wildman–Crippen LogP) is 6.11. The summed E-state index contributed by atoms with van der Waals surface area (Å²) in [4.78, 5) is 34.8. The molecule has 0 aliphatic carbocycles. The molecule has 222 valence electrons. The van der Waals surface area contributed by atoms with Gasteiger partial charge in [-0.25, -0.2) is 4.99 Å². The van der Waals surface area contributed by atoms with E-state index in [0.29, 0.717) is 56.8 Å². The first-order chi connectivity index (χ1) is 20.7. The van der Waals surface area contributed by atoms with E-state index in [2.05, 4.69) is 15.9 Å². The van der Waals surface area contributed by atoms with Crippen molar-refractivity contribution < 1.29 is 14.3 Å². The molecule has 0 N–H and O–H groups in total. The number of nitrogens with zero attached hydrogens (tertiary/aromatic N) is 3. The van der Waals surface area contributed by atoms with Crippen molar-refractivity contribution in [3.8, 4) is 11.5 Å². The predicted molar refractivity (Wildman–Crippen MR) is 175 cm³/mol. The summed E-state index contributed by atoms with van der Waals surface area (Å²) in [5.74, 6) is 1.02. The Morgan fingerprint density at radius 2 is 1.77 bits per heavy atom. The van der Waals surface area contributed by atoms with Crippen LogP contribution in [0.25, 0.3) is 6.08 Å². The molecule has 0 bridgehead atoms. The first-order valence-electron chi connectivity index (χ1n) is 13.9. The lowest BCUT2D eigenvalue weighted by Crippen LogP contribution is -2.43. The van der Waals surface area contributed by atoms with Crippen molar-refractivity contribution in [3.05, 3.63) is 124 Å². The maximum absolute atomic E-state index is 14.0. The van der Waals surface area contributed by atoms with Crippen LogP contribution in [-0.4, -0.2) is 35.6 Å². The summed E-state index contributed by atoms with van der Waals surface area (Å²) in [6.45, 7) is 7.20. The fourth-order valence-corrected chi connectivity index (χ4v) is 6.46. The largest absolute Gasteiger partial charge is 0.493 e. The molecule has 0 fully saturated rings. The van der Waals surface area contributed by atoms with E-state index >= 15 is 0 Å². The number of rotatable bonds is 9. The van der Waals surface area contributed by atoms with Gasteiger partial charge in [-0.1, -0.05) is 69.2 Å². The van der Waals surface area contributed by atoms with Crippen LogP contribution in [0.2, 0.25) is 5.02 Å². The third kappa shape index (κ3) is 6.49. The molecule has 5 rings (SSSR count). The molecule has 10 heteroatoms. The van der Waals surface area contributed by atoms with Crippen molar-refractivity contribution in [2.24, 2.45) is 4.99 Å². The number of aromatic nitrogens is 1. The summed E-state index contributed by atoms with van der Waals surface area (Å²) < 4.78 is 14.8. The number of ether oxygens (including phenoxy) is 2. The molecule has 1 aromatic heterocycles. The smallest absolute Gasteiger partial charge is 0.271 e. The van der Waals surface area contributed by atoms with E-state index < -0.39 is 6.04 Å². The molecule has 1 atom stereocenters. The van der Waals surface area contributed by atoms with Gasteiger partial charge in [-0.15, -0.1) is 0 Å². The Labute approximate surface area is 267 Å². The number of methoxy groups -OCH3 is 1. The minimum atomic E-state index is -0.632. The van der Waals surface area contributed by atoms with E-state index in [1.54, 1.807) is 28.7 Å². The molecule has 0 unspecified atom stereocenters. The summed E-state index contributed by atoms with van der Waals surface area (Å²) in [5, 5.41) is 0.576. The highest BCUT2D eigenvalue weighted by Gasteiger charge is 2.34. The standard InChI is InChI=1S/C33H31BrClN3O4S/c1-5-37(6-2)32(40)29-20(3)36-33-38(30(29)23-10-14-25(35)15-11-23)31(39)28(43-33)18-22-9-16-26(27(17-22)41-4)42-19-21-7-12-24(34)13-8-21/h7-18,30H,5-6,19H2,1-4H3/b28-18+/t30-/m0/s1. The van der Waals surface area contributed by atoms with Crippen LogP contribution >= 0.6 is 38.9 Å². The SMILES string of the molecule is CCN(CC)C(=O)C1=C(C)N=c2s/c(=C/c3ccc(OCc4ccc(Br)cc4)c(OC)c3)c(=O)n2[C@H]1c1ccc(Cl)cc1. The number of carbonyl (C=O) groups is 1. The highest BCUT2D eigenvalue weighted by atomic mass is 79.9. The Morgan fingerprint density at radius 3 is 2.42 bits per heavy atom. The molecule has 0 spiro atoms. The van der Waals surface area contributed by atoms with E-state index in [4.69, 9.17) is 26.1 Å². The van der Waals surface area contributed by atoms with Gasteiger partial charge in [0.15, 0.2) is 16.3 Å². The Hall–Kier alpha value is -3.66. The van der Waals surface area contributed by atoms with Crippen LogP contribution in [0.3, 0.4) is 0 Å². The van der Waals surface area contributed by atoms with Gasteiger partial charge >= 0.3 is 0 Å². The number of fused-ring (bicyclic) bond motifs is 1. The second-order valence-corrected chi connectivity index (χ2v) is 12.3. The van der Waals surface area contributed by atoms with Crippen LogP contribution in [0.15, 0.2) is 92.3 Å². The number of likely N-dealkylation sites (N-methyl/N-ethyl adjacent to an activating group) is 1. The topological polar surface area (TPSA) is 73.1 Å². The van der Waals surface area contributed by atoms with Crippen LogP contribution in [-0.2, 0) is 11.4 Å². The van der Waals surface area contributed by atoms with Crippen LogP contribution < -0.4 is 24.4 Å². The number of thiazole rings is 1. The number of halogens is 2. The molecule has 0 radical (unpaired) electrons. The molecule has 43 heavy (non-hydrogen) atoms. The van der Waals surface area contributed by atoms with Crippen molar-refractivity contribution in [2.45, 2.75) is 33.4 Å². The van der Waals surface area contributed by atoms with Crippen LogP contribution in [0.4, 0.5) is 0 Å². The van der Waals surface area contributed by atoms with Gasteiger partial charge in [0.1, 0.15) is 6.61 Å². The molecule has 4 aromatic rings. The van der Waals surface area contributed by atoms with E-state index in [0.717, 1.165) is 21.2 Å². The summed E-state index contributed by atoms with van der Waals surface area (Å²) in [5.41, 5.74) is 3.44. The van der Waals surface area contributed by atoms with Crippen LogP contribution in [0.5, 0.6) is 11.5 Å². The van der Waals surface area contributed by atoms with Crippen LogP contribution in [0, 0.1) is 0 Å².